The molecule has 36 heavy (non-hydrogen) atoms. The number of rotatable bonds is 8. The number of hydrogen-bond donors (Lipinski definition) is 2. The minimum absolute atomic E-state index is 0.0286. The molecule has 3 aromatic rings. The number of carbonyl (C=O) groups excluding carboxylic acids is 2. The monoisotopic (exact) mass is 529 g/mol. The number of nitrogens with zero attached hydrogens (tertiary/aromatic N) is 1. The molecule has 1 aliphatic rings. The van der Waals surface area contributed by atoms with Gasteiger partial charge in [0.2, 0.25) is 0 Å². The third-order valence-corrected chi connectivity index (χ3v) is 7.50. The number of carbonyl (C=O) groups is 2. The lowest BCUT2D eigenvalue weighted by Crippen LogP contribution is -2.49. The summed E-state index contributed by atoms with van der Waals surface area (Å²) in [5, 5.41) is 5.82. The minimum Gasteiger partial charge on any atom is -0.476 e. The van der Waals surface area contributed by atoms with Gasteiger partial charge in [-0.1, -0.05) is 35.9 Å². The number of methoxy groups -OCH3 is 1. The molecule has 0 fully saturated rings. The Morgan fingerprint density at radius 1 is 1.06 bits per heavy atom. The fourth-order valence-corrected chi connectivity index (χ4v) is 5.27. The van der Waals surface area contributed by atoms with E-state index in [0.717, 1.165) is 4.31 Å². The van der Waals surface area contributed by atoms with Crippen molar-refractivity contribution in [2.75, 3.05) is 36.4 Å². The fraction of sp³-hybridized carbons (Fsp3) is 0.200. The van der Waals surface area contributed by atoms with Crippen LogP contribution in [0.4, 0.5) is 11.4 Å². The summed E-state index contributed by atoms with van der Waals surface area (Å²) in [5.74, 6) is -0.741. The predicted molar refractivity (Wildman–Crippen MR) is 136 cm³/mol. The second-order valence-electron chi connectivity index (χ2n) is 7.85. The van der Waals surface area contributed by atoms with Crippen LogP contribution in [0.25, 0.3) is 0 Å². The van der Waals surface area contributed by atoms with Gasteiger partial charge in [-0.25, -0.2) is 8.42 Å². The molecule has 1 aliphatic heterocycles. The lowest BCUT2D eigenvalue weighted by Gasteiger charge is -2.34. The smallest absolute Gasteiger partial charge is 0.267 e. The molecule has 0 radical (unpaired) electrons. The highest BCUT2D eigenvalue weighted by Gasteiger charge is 2.37. The van der Waals surface area contributed by atoms with E-state index in [2.05, 4.69) is 10.6 Å². The van der Waals surface area contributed by atoms with E-state index < -0.39 is 22.0 Å². The molecule has 1 unspecified atom stereocenters. The summed E-state index contributed by atoms with van der Waals surface area (Å²) >= 11 is 5.92. The number of sulfonamides is 1. The van der Waals surface area contributed by atoms with Gasteiger partial charge in [0.05, 0.1) is 35.0 Å². The molecule has 2 N–H and O–H groups in total. The normalized spacial score (nSPS) is 14.9. The first-order valence-electron chi connectivity index (χ1n) is 11.0. The van der Waals surface area contributed by atoms with Gasteiger partial charge in [0.25, 0.3) is 21.8 Å². The van der Waals surface area contributed by atoms with E-state index in [-0.39, 0.29) is 34.3 Å². The predicted octanol–water partition coefficient (Wildman–Crippen LogP) is 3.31. The summed E-state index contributed by atoms with van der Waals surface area (Å²) in [6.07, 6.45) is -1.17. The summed E-state index contributed by atoms with van der Waals surface area (Å²) in [6, 6.07) is 18.9. The first kappa shape index (κ1) is 25.5. The molecule has 2 amide bonds. The summed E-state index contributed by atoms with van der Waals surface area (Å²) < 4.78 is 38.9. The first-order chi connectivity index (χ1) is 17.3. The van der Waals surface area contributed by atoms with E-state index in [1.165, 1.54) is 31.4 Å². The van der Waals surface area contributed by atoms with E-state index in [4.69, 9.17) is 21.1 Å². The maximum absolute atomic E-state index is 13.5. The number of halogens is 1. The number of nitrogens with one attached hydrogen (secondary N) is 2. The van der Waals surface area contributed by atoms with Gasteiger partial charge in [-0.2, -0.15) is 0 Å². The molecule has 188 valence electrons. The molecule has 3 aromatic carbocycles. The van der Waals surface area contributed by atoms with Crippen molar-refractivity contribution >= 4 is 44.8 Å². The number of anilines is 2. The van der Waals surface area contributed by atoms with Crippen LogP contribution in [0.1, 0.15) is 10.4 Å². The molecule has 0 bridgehead atoms. The number of benzene rings is 3. The van der Waals surface area contributed by atoms with Crippen LogP contribution in [0.5, 0.6) is 5.75 Å². The van der Waals surface area contributed by atoms with Gasteiger partial charge >= 0.3 is 0 Å². The third kappa shape index (κ3) is 5.46. The molecule has 0 saturated heterocycles. The maximum atomic E-state index is 13.5. The van der Waals surface area contributed by atoms with Crippen molar-refractivity contribution in [2.45, 2.75) is 11.0 Å². The third-order valence-electron chi connectivity index (χ3n) is 5.45. The standard InChI is InChI=1S/C25H24ClN3O6S/c1-34-15-14-27-24(30)19-6-2-3-7-20(19)28-25(31)23-16-29(21-8-4-5-9-22(21)35-23)36(32,33)18-12-10-17(26)11-13-18/h2-13,23H,14-16H2,1H3,(H,27,30)(H,28,31). The van der Waals surface area contributed by atoms with Gasteiger partial charge in [-0.3, -0.25) is 13.9 Å². The van der Waals surface area contributed by atoms with Crippen molar-refractivity contribution in [3.63, 3.8) is 0 Å². The van der Waals surface area contributed by atoms with Gasteiger partial charge in [0, 0.05) is 18.7 Å². The highest BCUT2D eigenvalue weighted by molar-refractivity contribution is 7.92. The highest BCUT2D eigenvalue weighted by atomic mass is 35.5. The Morgan fingerprint density at radius 2 is 1.75 bits per heavy atom. The van der Waals surface area contributed by atoms with Gasteiger partial charge < -0.3 is 20.1 Å². The molecule has 1 atom stereocenters. The van der Waals surface area contributed by atoms with Crippen molar-refractivity contribution < 1.29 is 27.5 Å². The summed E-state index contributed by atoms with van der Waals surface area (Å²) in [6.45, 7) is 0.376. The van der Waals surface area contributed by atoms with Crippen molar-refractivity contribution in [3.05, 3.63) is 83.4 Å². The Bertz CT molecular complexity index is 1360. The van der Waals surface area contributed by atoms with Crippen LogP contribution < -0.4 is 19.7 Å². The van der Waals surface area contributed by atoms with E-state index in [0.29, 0.717) is 23.9 Å². The topological polar surface area (TPSA) is 114 Å². The zero-order chi connectivity index (χ0) is 25.7. The Morgan fingerprint density at radius 3 is 2.50 bits per heavy atom. The first-order valence-corrected chi connectivity index (χ1v) is 12.8. The van der Waals surface area contributed by atoms with Gasteiger partial charge in [0.15, 0.2) is 6.10 Å². The minimum atomic E-state index is -4.03. The summed E-state index contributed by atoms with van der Waals surface area (Å²) in [4.78, 5) is 25.8. The summed E-state index contributed by atoms with van der Waals surface area (Å²) in [5.41, 5.74) is 0.838. The largest absolute Gasteiger partial charge is 0.476 e. The SMILES string of the molecule is COCCNC(=O)c1ccccc1NC(=O)C1CN(S(=O)(=O)c2ccc(Cl)cc2)c2ccccc2O1. The Labute approximate surface area is 214 Å². The lowest BCUT2D eigenvalue weighted by atomic mass is 10.1. The molecule has 0 spiro atoms. The van der Waals surface area contributed by atoms with E-state index in [9.17, 15) is 18.0 Å². The van der Waals surface area contributed by atoms with E-state index >= 15 is 0 Å². The van der Waals surface area contributed by atoms with Crippen LogP contribution in [0.15, 0.2) is 77.7 Å². The lowest BCUT2D eigenvalue weighted by molar-refractivity contribution is -0.122. The molecule has 1 heterocycles. The van der Waals surface area contributed by atoms with Crippen molar-refractivity contribution in [1.29, 1.82) is 0 Å². The van der Waals surface area contributed by atoms with E-state index in [1.54, 1.807) is 48.5 Å². The highest BCUT2D eigenvalue weighted by Crippen LogP contribution is 2.37. The second kappa shape index (κ2) is 11.0. The average molecular weight is 530 g/mol. The Hall–Kier alpha value is -3.60. The number of para-hydroxylation sites is 3. The zero-order valence-corrected chi connectivity index (χ0v) is 20.9. The van der Waals surface area contributed by atoms with Gasteiger partial charge in [0.1, 0.15) is 5.75 Å². The molecule has 0 aliphatic carbocycles. The van der Waals surface area contributed by atoms with Gasteiger partial charge in [-0.05, 0) is 48.5 Å². The quantitative estimate of drug-likeness (QED) is 0.433. The number of fused-ring (bicyclic) bond motifs is 1. The number of hydrogen-bond acceptors (Lipinski definition) is 6. The average Bonchev–Trinajstić information content (AvgIpc) is 2.88. The van der Waals surface area contributed by atoms with E-state index in [1.807, 2.05) is 0 Å². The van der Waals surface area contributed by atoms with Gasteiger partial charge in [-0.15, -0.1) is 0 Å². The molecule has 9 nitrogen and oxygen atoms in total. The number of amides is 2. The molecular formula is C25H24ClN3O6S. The fourth-order valence-electron chi connectivity index (χ4n) is 3.67. The van der Waals surface area contributed by atoms with Crippen molar-refractivity contribution in [3.8, 4) is 5.75 Å². The molecular weight excluding hydrogens is 506 g/mol. The molecule has 0 saturated carbocycles. The molecule has 11 heteroatoms. The Balaban J connectivity index is 1.60. The van der Waals surface area contributed by atoms with Crippen molar-refractivity contribution in [1.82, 2.24) is 5.32 Å². The summed E-state index contributed by atoms with van der Waals surface area (Å²) in [7, 11) is -2.50. The van der Waals surface area contributed by atoms with Crippen LogP contribution in [0.3, 0.4) is 0 Å². The van der Waals surface area contributed by atoms with Crippen LogP contribution in [-0.2, 0) is 19.6 Å². The molecule has 0 aromatic heterocycles. The zero-order valence-electron chi connectivity index (χ0n) is 19.3. The Kier molecular flexibility index (Phi) is 7.78. The van der Waals surface area contributed by atoms with Crippen LogP contribution in [0.2, 0.25) is 5.02 Å². The number of ether oxygens (including phenoxy) is 2. The van der Waals surface area contributed by atoms with Crippen LogP contribution >= 0.6 is 11.6 Å². The second-order valence-corrected chi connectivity index (χ2v) is 10.1. The van der Waals surface area contributed by atoms with Crippen LogP contribution in [-0.4, -0.2) is 53.1 Å². The van der Waals surface area contributed by atoms with Crippen molar-refractivity contribution in [2.24, 2.45) is 0 Å². The van der Waals surface area contributed by atoms with Crippen LogP contribution in [0, 0.1) is 0 Å². The molecule has 4 rings (SSSR count). The maximum Gasteiger partial charge on any atom is 0.267 e.